The van der Waals surface area contributed by atoms with Gasteiger partial charge in [-0.1, -0.05) is 34.1 Å². The summed E-state index contributed by atoms with van der Waals surface area (Å²) in [6, 6.07) is 0. The van der Waals surface area contributed by atoms with Crippen LogP contribution in [0.15, 0.2) is 0 Å². The molecule has 2 aliphatic rings. The van der Waals surface area contributed by atoms with Crippen molar-refractivity contribution in [3.05, 3.63) is 0 Å². The second kappa shape index (κ2) is 12.4. The monoisotopic (exact) mass is 386 g/mol. The lowest BCUT2D eigenvalue weighted by Gasteiger charge is -2.39. The van der Waals surface area contributed by atoms with Gasteiger partial charge in [0.15, 0.2) is 0 Å². The Morgan fingerprint density at radius 1 is 0.778 bits per heavy atom. The fourth-order valence-corrected chi connectivity index (χ4v) is 3.77. The van der Waals surface area contributed by atoms with Crippen LogP contribution in [0.1, 0.15) is 59.8 Å². The van der Waals surface area contributed by atoms with Gasteiger partial charge in [0, 0.05) is 23.9 Å². The van der Waals surface area contributed by atoms with Crippen LogP contribution in [-0.4, -0.2) is 65.1 Å². The number of ether oxygens (including phenoxy) is 5. The molecule has 160 valence electrons. The summed E-state index contributed by atoms with van der Waals surface area (Å²) in [5, 5.41) is 0. The Bertz CT molecular complexity index is 359. The summed E-state index contributed by atoms with van der Waals surface area (Å²) in [6.45, 7) is 14.9. The highest BCUT2D eigenvalue weighted by Gasteiger charge is 2.35. The van der Waals surface area contributed by atoms with Crippen molar-refractivity contribution in [3.8, 4) is 0 Å². The molecule has 2 rings (SSSR count). The molecule has 0 aromatic carbocycles. The zero-order chi connectivity index (χ0) is 19.5. The van der Waals surface area contributed by atoms with E-state index in [2.05, 4.69) is 27.7 Å². The standard InChI is InChI=1S/C22H42O5/c1-5-9-10-23-15-22(8-4,16-24-11-18-13-26-20(18)6-2)17-25-12-19-14-27-21(19)7-3/h18-21H,5-17H2,1-4H3. The first-order chi connectivity index (χ1) is 13.2. The first-order valence-corrected chi connectivity index (χ1v) is 11.1. The van der Waals surface area contributed by atoms with Crippen LogP contribution in [0.25, 0.3) is 0 Å². The molecule has 4 atom stereocenters. The minimum atomic E-state index is -0.0631. The summed E-state index contributed by atoms with van der Waals surface area (Å²) < 4.78 is 29.5. The van der Waals surface area contributed by atoms with E-state index in [0.717, 1.165) is 65.1 Å². The van der Waals surface area contributed by atoms with Gasteiger partial charge in [-0.15, -0.1) is 0 Å². The number of hydrogen-bond donors (Lipinski definition) is 0. The molecule has 27 heavy (non-hydrogen) atoms. The topological polar surface area (TPSA) is 46.2 Å². The smallest absolute Gasteiger partial charge is 0.0645 e. The fraction of sp³-hybridized carbons (Fsp3) is 1.00. The Labute approximate surface area is 166 Å². The van der Waals surface area contributed by atoms with E-state index in [-0.39, 0.29) is 5.41 Å². The molecule has 2 saturated heterocycles. The van der Waals surface area contributed by atoms with Gasteiger partial charge in [0.05, 0.1) is 58.5 Å². The van der Waals surface area contributed by atoms with Crippen molar-refractivity contribution in [2.24, 2.45) is 17.3 Å². The maximum Gasteiger partial charge on any atom is 0.0645 e. The van der Waals surface area contributed by atoms with Crippen LogP contribution in [0, 0.1) is 17.3 Å². The van der Waals surface area contributed by atoms with Crippen LogP contribution in [0.3, 0.4) is 0 Å². The lowest BCUT2D eigenvalue weighted by Crippen LogP contribution is -2.45. The molecule has 0 radical (unpaired) electrons. The minimum absolute atomic E-state index is 0.0631. The van der Waals surface area contributed by atoms with Crippen LogP contribution in [-0.2, 0) is 23.7 Å². The molecule has 4 unspecified atom stereocenters. The van der Waals surface area contributed by atoms with Gasteiger partial charge in [-0.25, -0.2) is 0 Å². The largest absolute Gasteiger partial charge is 0.381 e. The summed E-state index contributed by atoms with van der Waals surface area (Å²) in [4.78, 5) is 0. The highest BCUT2D eigenvalue weighted by molar-refractivity contribution is 4.82. The van der Waals surface area contributed by atoms with Crippen LogP contribution in [0.5, 0.6) is 0 Å². The molecule has 0 saturated carbocycles. The highest BCUT2D eigenvalue weighted by atomic mass is 16.5. The average Bonchev–Trinajstić information content (AvgIpc) is 2.64. The Balaban J connectivity index is 1.77. The fourth-order valence-electron chi connectivity index (χ4n) is 3.77. The molecule has 0 aromatic rings. The third kappa shape index (κ3) is 6.97. The van der Waals surface area contributed by atoms with Gasteiger partial charge >= 0.3 is 0 Å². The van der Waals surface area contributed by atoms with Crippen LogP contribution in [0.4, 0.5) is 0 Å². The number of hydrogen-bond acceptors (Lipinski definition) is 5. The van der Waals surface area contributed by atoms with E-state index >= 15 is 0 Å². The van der Waals surface area contributed by atoms with E-state index in [1.165, 1.54) is 0 Å². The first-order valence-electron chi connectivity index (χ1n) is 11.1. The predicted octanol–water partition coefficient (Wildman–Crippen LogP) is 4.08. The van der Waals surface area contributed by atoms with Crippen molar-refractivity contribution in [1.29, 1.82) is 0 Å². The van der Waals surface area contributed by atoms with Crippen LogP contribution < -0.4 is 0 Å². The quantitative estimate of drug-likeness (QED) is 0.374. The molecule has 2 heterocycles. The van der Waals surface area contributed by atoms with E-state index < -0.39 is 0 Å². The summed E-state index contributed by atoms with van der Waals surface area (Å²) in [5.41, 5.74) is -0.0631. The summed E-state index contributed by atoms with van der Waals surface area (Å²) in [6.07, 6.45) is 6.15. The van der Waals surface area contributed by atoms with Crippen molar-refractivity contribution in [2.75, 3.05) is 52.9 Å². The van der Waals surface area contributed by atoms with E-state index in [0.29, 0.717) is 43.9 Å². The molecule has 5 nitrogen and oxygen atoms in total. The van der Waals surface area contributed by atoms with Crippen molar-refractivity contribution >= 4 is 0 Å². The number of unbranched alkanes of at least 4 members (excludes halogenated alkanes) is 1. The zero-order valence-electron chi connectivity index (χ0n) is 18.0. The van der Waals surface area contributed by atoms with Crippen molar-refractivity contribution < 1.29 is 23.7 Å². The summed E-state index contributed by atoms with van der Waals surface area (Å²) in [7, 11) is 0. The summed E-state index contributed by atoms with van der Waals surface area (Å²) in [5.74, 6) is 1.09. The van der Waals surface area contributed by atoms with Crippen molar-refractivity contribution in [1.82, 2.24) is 0 Å². The second-order valence-electron chi connectivity index (χ2n) is 8.37. The minimum Gasteiger partial charge on any atom is -0.381 e. The molecule has 2 aliphatic heterocycles. The molecule has 2 fully saturated rings. The zero-order valence-corrected chi connectivity index (χ0v) is 18.0. The van der Waals surface area contributed by atoms with Gasteiger partial charge in [0.25, 0.3) is 0 Å². The lowest BCUT2D eigenvalue weighted by molar-refractivity contribution is -0.164. The average molecular weight is 387 g/mol. The molecule has 0 bridgehead atoms. The molecule has 0 aromatic heterocycles. The maximum absolute atomic E-state index is 6.16. The van der Waals surface area contributed by atoms with Gasteiger partial charge in [-0.05, 0) is 25.7 Å². The van der Waals surface area contributed by atoms with Gasteiger partial charge in [-0.2, -0.15) is 0 Å². The molecular weight excluding hydrogens is 344 g/mol. The van der Waals surface area contributed by atoms with Crippen molar-refractivity contribution in [2.45, 2.75) is 72.0 Å². The van der Waals surface area contributed by atoms with E-state index in [1.54, 1.807) is 0 Å². The van der Waals surface area contributed by atoms with Gasteiger partial charge in [0.1, 0.15) is 0 Å². The highest BCUT2D eigenvalue weighted by Crippen LogP contribution is 2.29. The van der Waals surface area contributed by atoms with E-state index in [9.17, 15) is 0 Å². The predicted molar refractivity (Wildman–Crippen MR) is 107 cm³/mol. The third-order valence-electron chi connectivity index (χ3n) is 6.19. The Hall–Kier alpha value is -0.200. The normalized spacial score (nSPS) is 29.8. The van der Waals surface area contributed by atoms with E-state index in [1.807, 2.05) is 0 Å². The third-order valence-corrected chi connectivity index (χ3v) is 6.19. The lowest BCUT2D eigenvalue weighted by atomic mass is 9.87. The van der Waals surface area contributed by atoms with Crippen LogP contribution in [0.2, 0.25) is 0 Å². The molecule has 5 heteroatoms. The molecule has 0 amide bonds. The summed E-state index contributed by atoms with van der Waals surface area (Å²) >= 11 is 0. The van der Waals surface area contributed by atoms with Gasteiger partial charge in [-0.3, -0.25) is 0 Å². The molecule has 0 spiro atoms. The van der Waals surface area contributed by atoms with Gasteiger partial charge < -0.3 is 23.7 Å². The van der Waals surface area contributed by atoms with Gasteiger partial charge in [0.2, 0.25) is 0 Å². The maximum atomic E-state index is 6.16. The van der Waals surface area contributed by atoms with E-state index in [4.69, 9.17) is 23.7 Å². The SMILES string of the molecule is CCCCOCC(CC)(COCC1COC1CC)COCC1COC1CC. The molecule has 0 N–H and O–H groups in total. The molecular formula is C22H42O5. The number of rotatable bonds is 16. The molecule has 0 aliphatic carbocycles. The Morgan fingerprint density at radius 3 is 1.67 bits per heavy atom. The Kier molecular flexibility index (Phi) is 10.6. The van der Waals surface area contributed by atoms with Crippen LogP contribution >= 0.6 is 0 Å². The second-order valence-corrected chi connectivity index (χ2v) is 8.37. The first kappa shape index (κ1) is 23.1. The van der Waals surface area contributed by atoms with Crippen molar-refractivity contribution in [3.63, 3.8) is 0 Å². The Morgan fingerprint density at radius 2 is 1.30 bits per heavy atom.